The monoisotopic (exact) mass is 481 g/mol. The lowest BCUT2D eigenvalue weighted by atomic mass is 9.98. The summed E-state index contributed by atoms with van der Waals surface area (Å²) in [7, 11) is 0. The number of carbonyl (C=O) groups is 3. The van der Waals surface area contributed by atoms with Gasteiger partial charge in [0.25, 0.3) is 5.91 Å². The highest BCUT2D eigenvalue weighted by Crippen LogP contribution is 2.44. The van der Waals surface area contributed by atoms with E-state index < -0.39 is 36.9 Å². The molecule has 1 aliphatic rings. The Labute approximate surface area is 199 Å². The van der Waals surface area contributed by atoms with Crippen molar-refractivity contribution in [2.75, 3.05) is 11.9 Å². The summed E-state index contributed by atoms with van der Waals surface area (Å²) in [6.45, 7) is 0.120. The number of carboxylic acid groups (broad SMARTS) is 1. The third kappa shape index (κ3) is 5.43. The van der Waals surface area contributed by atoms with E-state index in [0.29, 0.717) is 0 Å². The zero-order valence-electron chi connectivity index (χ0n) is 18.3. The van der Waals surface area contributed by atoms with Gasteiger partial charge in [-0.05, 0) is 34.4 Å². The van der Waals surface area contributed by atoms with Crippen LogP contribution in [-0.2, 0) is 9.53 Å². The Morgan fingerprint density at radius 2 is 1.60 bits per heavy atom. The van der Waals surface area contributed by atoms with Gasteiger partial charge in [-0.3, -0.25) is 10.1 Å². The Morgan fingerprint density at radius 1 is 0.971 bits per heavy atom. The number of anilines is 1. The van der Waals surface area contributed by atoms with Crippen molar-refractivity contribution in [1.29, 1.82) is 0 Å². The van der Waals surface area contributed by atoms with E-state index in [1.165, 1.54) is 18.3 Å². The van der Waals surface area contributed by atoms with Gasteiger partial charge in [-0.25, -0.2) is 23.4 Å². The van der Waals surface area contributed by atoms with E-state index in [-0.39, 0.29) is 23.9 Å². The standard InChI is InChI=1S/C25H21F2N3O5/c26-22(27)11-21(24(32)33)30-23(31)20-10-9-14(12-28-20)29-25(34)35-13-19-17-7-3-1-5-15(17)16-6-2-4-8-18(16)19/h1-10,12,19,21-22H,11,13H2,(H,29,34)(H,30,31)(H,32,33). The summed E-state index contributed by atoms with van der Waals surface area (Å²) < 4.78 is 30.4. The molecule has 0 aliphatic heterocycles. The van der Waals surface area contributed by atoms with Crippen molar-refractivity contribution in [1.82, 2.24) is 10.3 Å². The molecule has 2 aromatic carbocycles. The molecule has 1 aliphatic carbocycles. The summed E-state index contributed by atoms with van der Waals surface area (Å²) in [5.74, 6) is -2.61. The molecule has 0 radical (unpaired) electrons. The maximum Gasteiger partial charge on any atom is 0.411 e. The molecule has 35 heavy (non-hydrogen) atoms. The average molecular weight is 481 g/mol. The number of nitrogens with one attached hydrogen (secondary N) is 2. The number of rotatable bonds is 8. The summed E-state index contributed by atoms with van der Waals surface area (Å²) in [5, 5.41) is 13.5. The topological polar surface area (TPSA) is 118 Å². The molecule has 2 amide bonds. The van der Waals surface area contributed by atoms with E-state index in [0.717, 1.165) is 22.3 Å². The van der Waals surface area contributed by atoms with Crippen LogP contribution >= 0.6 is 0 Å². The molecule has 10 heteroatoms. The highest BCUT2D eigenvalue weighted by Gasteiger charge is 2.29. The predicted molar refractivity (Wildman–Crippen MR) is 122 cm³/mol. The van der Waals surface area contributed by atoms with Crippen LogP contribution in [-0.4, -0.2) is 47.1 Å². The number of fused-ring (bicyclic) bond motifs is 3. The van der Waals surface area contributed by atoms with Crippen molar-refractivity contribution in [2.45, 2.75) is 24.8 Å². The number of nitrogens with zero attached hydrogens (tertiary/aromatic N) is 1. The number of aliphatic carboxylic acids is 1. The number of alkyl halides is 2. The van der Waals surface area contributed by atoms with Crippen molar-refractivity contribution in [2.24, 2.45) is 0 Å². The molecule has 3 aromatic rings. The minimum Gasteiger partial charge on any atom is -0.480 e. The lowest BCUT2D eigenvalue weighted by Crippen LogP contribution is -2.42. The average Bonchev–Trinajstić information content (AvgIpc) is 3.16. The molecule has 0 saturated heterocycles. The highest BCUT2D eigenvalue weighted by atomic mass is 19.3. The first-order valence-corrected chi connectivity index (χ1v) is 10.7. The Morgan fingerprint density at radius 3 is 2.14 bits per heavy atom. The zero-order valence-corrected chi connectivity index (χ0v) is 18.3. The summed E-state index contributed by atoms with van der Waals surface area (Å²) in [6.07, 6.45) is -3.45. The summed E-state index contributed by atoms with van der Waals surface area (Å²) in [5.41, 5.74) is 4.41. The summed E-state index contributed by atoms with van der Waals surface area (Å²) in [6, 6.07) is 16.7. The van der Waals surface area contributed by atoms with Crippen LogP contribution in [0.3, 0.4) is 0 Å². The van der Waals surface area contributed by atoms with Gasteiger partial charge in [0.1, 0.15) is 18.3 Å². The smallest absolute Gasteiger partial charge is 0.411 e. The highest BCUT2D eigenvalue weighted by molar-refractivity contribution is 5.95. The number of amides is 2. The lowest BCUT2D eigenvalue weighted by Gasteiger charge is -2.15. The maximum absolute atomic E-state index is 12.5. The summed E-state index contributed by atoms with van der Waals surface area (Å²) >= 11 is 0. The number of halogens is 2. The van der Waals surface area contributed by atoms with Gasteiger partial charge >= 0.3 is 12.1 Å². The van der Waals surface area contributed by atoms with Gasteiger partial charge in [0.2, 0.25) is 6.43 Å². The van der Waals surface area contributed by atoms with Gasteiger partial charge in [-0.1, -0.05) is 48.5 Å². The van der Waals surface area contributed by atoms with E-state index in [1.807, 2.05) is 53.8 Å². The van der Waals surface area contributed by atoms with Crippen molar-refractivity contribution in [3.63, 3.8) is 0 Å². The largest absolute Gasteiger partial charge is 0.480 e. The minimum absolute atomic E-state index is 0.104. The first-order valence-electron chi connectivity index (χ1n) is 10.7. The van der Waals surface area contributed by atoms with Crippen LogP contribution < -0.4 is 10.6 Å². The van der Waals surface area contributed by atoms with Gasteiger partial charge in [-0.2, -0.15) is 0 Å². The van der Waals surface area contributed by atoms with E-state index in [4.69, 9.17) is 9.84 Å². The fraction of sp³-hybridized carbons (Fsp3) is 0.200. The van der Waals surface area contributed by atoms with Crippen molar-refractivity contribution >= 4 is 23.7 Å². The van der Waals surface area contributed by atoms with E-state index in [1.54, 1.807) is 0 Å². The number of hydrogen-bond acceptors (Lipinski definition) is 5. The van der Waals surface area contributed by atoms with Crippen LogP contribution in [0.4, 0.5) is 19.3 Å². The van der Waals surface area contributed by atoms with Crippen LogP contribution in [0.5, 0.6) is 0 Å². The fourth-order valence-corrected chi connectivity index (χ4v) is 3.99. The van der Waals surface area contributed by atoms with Gasteiger partial charge in [0, 0.05) is 12.3 Å². The molecular formula is C25H21F2N3O5. The Hall–Kier alpha value is -4.34. The molecule has 1 heterocycles. The summed E-state index contributed by atoms with van der Waals surface area (Å²) in [4.78, 5) is 39.4. The van der Waals surface area contributed by atoms with Crippen LogP contribution in [0.1, 0.15) is 34.0 Å². The number of benzene rings is 2. The first-order chi connectivity index (χ1) is 16.8. The Bertz CT molecular complexity index is 1200. The third-order valence-corrected chi connectivity index (χ3v) is 5.60. The van der Waals surface area contributed by atoms with E-state index >= 15 is 0 Å². The molecule has 0 saturated carbocycles. The van der Waals surface area contributed by atoms with Gasteiger partial charge < -0.3 is 15.2 Å². The number of hydrogen-bond donors (Lipinski definition) is 3. The van der Waals surface area contributed by atoms with Crippen molar-refractivity contribution < 1.29 is 33.0 Å². The molecule has 0 spiro atoms. The second-order valence-electron chi connectivity index (χ2n) is 7.87. The molecule has 180 valence electrons. The molecular weight excluding hydrogens is 460 g/mol. The molecule has 3 N–H and O–H groups in total. The van der Waals surface area contributed by atoms with Gasteiger partial charge in [0.05, 0.1) is 11.9 Å². The zero-order chi connectivity index (χ0) is 24.9. The SMILES string of the molecule is O=C(Nc1ccc(C(=O)NC(CC(F)F)C(=O)O)nc1)OCC1c2ccccc2-c2ccccc21. The van der Waals surface area contributed by atoms with E-state index in [2.05, 4.69) is 10.3 Å². The maximum atomic E-state index is 12.5. The normalized spacial score (nSPS) is 13.0. The second kappa shape index (κ2) is 10.3. The molecule has 1 unspecified atom stereocenters. The van der Waals surface area contributed by atoms with Crippen LogP contribution in [0.25, 0.3) is 11.1 Å². The Kier molecular flexibility index (Phi) is 7.00. The molecule has 8 nitrogen and oxygen atoms in total. The van der Waals surface area contributed by atoms with Crippen LogP contribution in [0.15, 0.2) is 66.9 Å². The fourth-order valence-electron chi connectivity index (χ4n) is 3.99. The van der Waals surface area contributed by atoms with Crippen LogP contribution in [0, 0.1) is 0 Å². The second-order valence-corrected chi connectivity index (χ2v) is 7.87. The van der Waals surface area contributed by atoms with Gasteiger partial charge in [0.15, 0.2) is 0 Å². The Balaban J connectivity index is 1.35. The predicted octanol–water partition coefficient (Wildman–Crippen LogP) is 4.28. The third-order valence-electron chi connectivity index (χ3n) is 5.60. The molecule has 1 aromatic heterocycles. The molecule has 0 bridgehead atoms. The van der Waals surface area contributed by atoms with E-state index in [9.17, 15) is 23.2 Å². The van der Waals surface area contributed by atoms with Crippen LogP contribution in [0.2, 0.25) is 0 Å². The number of aromatic nitrogens is 1. The van der Waals surface area contributed by atoms with Crippen molar-refractivity contribution in [3.8, 4) is 11.1 Å². The van der Waals surface area contributed by atoms with Gasteiger partial charge in [-0.15, -0.1) is 0 Å². The molecule has 4 rings (SSSR count). The molecule has 0 fully saturated rings. The first kappa shape index (κ1) is 23.8. The number of ether oxygens (including phenoxy) is 1. The number of carbonyl (C=O) groups excluding carboxylic acids is 2. The molecule has 1 atom stereocenters. The number of carboxylic acids is 1. The lowest BCUT2D eigenvalue weighted by molar-refractivity contribution is -0.140. The number of pyridine rings is 1. The minimum atomic E-state index is -2.90. The van der Waals surface area contributed by atoms with Crippen molar-refractivity contribution in [3.05, 3.63) is 83.7 Å². The quantitative estimate of drug-likeness (QED) is 0.442.